The Hall–Kier alpha value is -2.77. The number of rotatable bonds is 2. The van der Waals surface area contributed by atoms with Crippen molar-refractivity contribution in [3.8, 4) is 0 Å². The molecule has 1 fully saturated rings. The second-order valence-corrected chi connectivity index (χ2v) is 6.26. The van der Waals surface area contributed by atoms with Gasteiger partial charge in [0.25, 0.3) is 0 Å². The van der Waals surface area contributed by atoms with Gasteiger partial charge in [0.05, 0.1) is 17.8 Å². The van der Waals surface area contributed by atoms with E-state index in [1.165, 1.54) is 6.07 Å². The Bertz CT molecular complexity index is 837. The highest BCUT2D eigenvalue weighted by Gasteiger charge is 2.32. The van der Waals surface area contributed by atoms with Crippen LogP contribution in [0.15, 0.2) is 36.5 Å². The van der Waals surface area contributed by atoms with E-state index in [1.807, 2.05) is 23.1 Å². The molecule has 0 unspecified atom stereocenters. The van der Waals surface area contributed by atoms with Gasteiger partial charge in [0.2, 0.25) is 0 Å². The highest BCUT2D eigenvalue weighted by molar-refractivity contribution is 5.90. The molecule has 2 aliphatic heterocycles. The number of amides is 1. The van der Waals surface area contributed by atoms with Gasteiger partial charge in [-0.25, -0.2) is 9.78 Å². The molecule has 1 aromatic heterocycles. The Balaban J connectivity index is 1.58. The summed E-state index contributed by atoms with van der Waals surface area (Å²) in [6.07, 6.45) is -3.19. The van der Waals surface area contributed by atoms with E-state index in [0.717, 1.165) is 29.1 Å². The first-order valence-corrected chi connectivity index (χ1v) is 8.27. The van der Waals surface area contributed by atoms with Crippen LogP contribution >= 0.6 is 0 Å². The van der Waals surface area contributed by atoms with Crippen LogP contribution in [0.3, 0.4) is 0 Å². The van der Waals surface area contributed by atoms with Crippen molar-refractivity contribution in [2.45, 2.75) is 19.1 Å². The molecule has 0 aliphatic carbocycles. The molecule has 1 saturated heterocycles. The molecule has 0 N–H and O–H groups in total. The van der Waals surface area contributed by atoms with Gasteiger partial charge in [0.1, 0.15) is 12.4 Å². The molecule has 0 atom stereocenters. The van der Waals surface area contributed by atoms with Gasteiger partial charge in [0, 0.05) is 19.3 Å². The van der Waals surface area contributed by atoms with E-state index in [2.05, 4.69) is 4.98 Å². The van der Waals surface area contributed by atoms with Crippen molar-refractivity contribution in [3.63, 3.8) is 0 Å². The van der Waals surface area contributed by atoms with Gasteiger partial charge in [-0.1, -0.05) is 12.1 Å². The van der Waals surface area contributed by atoms with Gasteiger partial charge in [-0.2, -0.15) is 13.2 Å². The Morgan fingerprint density at radius 3 is 2.62 bits per heavy atom. The predicted molar refractivity (Wildman–Crippen MR) is 89.1 cm³/mol. The summed E-state index contributed by atoms with van der Waals surface area (Å²) in [5.41, 5.74) is 2.21. The number of carbonyl (C=O) groups excluding carboxylic acids is 1. The van der Waals surface area contributed by atoms with Gasteiger partial charge in [-0.05, 0) is 35.7 Å². The Morgan fingerprint density at radius 2 is 1.96 bits per heavy atom. The largest absolute Gasteiger partial charge is 0.447 e. The SMILES string of the molecule is O=C1OCCN1c1cccc2c1CCN(c1ccc(C(F)(F)F)cn1)C2. The lowest BCUT2D eigenvalue weighted by atomic mass is 9.97. The normalized spacial score (nSPS) is 17.3. The zero-order valence-electron chi connectivity index (χ0n) is 13.8. The second kappa shape index (κ2) is 6.19. The highest BCUT2D eigenvalue weighted by atomic mass is 19.4. The van der Waals surface area contributed by atoms with Gasteiger partial charge < -0.3 is 9.64 Å². The number of hydrogen-bond acceptors (Lipinski definition) is 4. The van der Waals surface area contributed by atoms with E-state index in [4.69, 9.17) is 4.74 Å². The van der Waals surface area contributed by atoms with Crippen molar-refractivity contribution in [2.24, 2.45) is 0 Å². The maximum Gasteiger partial charge on any atom is 0.417 e. The molecule has 0 spiro atoms. The number of anilines is 2. The van der Waals surface area contributed by atoms with Crippen molar-refractivity contribution in [2.75, 3.05) is 29.5 Å². The molecule has 3 heterocycles. The average Bonchev–Trinajstić information content (AvgIpc) is 3.06. The van der Waals surface area contributed by atoms with Crippen LogP contribution < -0.4 is 9.80 Å². The number of halogens is 3. The van der Waals surface area contributed by atoms with Crippen LogP contribution in [-0.2, 0) is 23.9 Å². The van der Waals surface area contributed by atoms with Crippen molar-refractivity contribution in [1.82, 2.24) is 4.98 Å². The predicted octanol–water partition coefficient (Wildman–Crippen LogP) is 3.62. The topological polar surface area (TPSA) is 45.7 Å². The smallest absolute Gasteiger partial charge is 0.417 e. The van der Waals surface area contributed by atoms with Crippen molar-refractivity contribution in [3.05, 3.63) is 53.2 Å². The summed E-state index contributed by atoms with van der Waals surface area (Å²) in [5, 5.41) is 0. The molecule has 8 heteroatoms. The first-order valence-electron chi connectivity index (χ1n) is 8.27. The maximum absolute atomic E-state index is 12.7. The minimum Gasteiger partial charge on any atom is -0.447 e. The molecule has 0 bridgehead atoms. The third-order valence-electron chi connectivity index (χ3n) is 4.69. The van der Waals surface area contributed by atoms with Crippen LogP contribution in [0.1, 0.15) is 16.7 Å². The fourth-order valence-corrected chi connectivity index (χ4v) is 3.39. The van der Waals surface area contributed by atoms with Gasteiger partial charge in [0.15, 0.2) is 0 Å². The van der Waals surface area contributed by atoms with Crippen molar-refractivity contribution in [1.29, 1.82) is 0 Å². The Labute approximate surface area is 148 Å². The lowest BCUT2D eigenvalue weighted by Crippen LogP contribution is -2.33. The first-order chi connectivity index (χ1) is 12.4. The lowest BCUT2D eigenvalue weighted by Gasteiger charge is -2.32. The number of ether oxygens (including phenoxy) is 1. The minimum absolute atomic E-state index is 0.342. The number of nitrogens with zero attached hydrogens (tertiary/aromatic N) is 3. The van der Waals surface area contributed by atoms with Crippen LogP contribution in [0.25, 0.3) is 0 Å². The standard InChI is InChI=1S/C18H16F3N3O2/c19-18(20,21)13-4-5-16(22-10-13)23-7-6-14-12(11-23)2-1-3-15(14)24-8-9-26-17(24)25/h1-5,10H,6-9,11H2. The molecule has 136 valence electrons. The van der Waals surface area contributed by atoms with E-state index in [9.17, 15) is 18.0 Å². The van der Waals surface area contributed by atoms with E-state index >= 15 is 0 Å². The van der Waals surface area contributed by atoms with E-state index < -0.39 is 11.7 Å². The molecule has 2 aromatic rings. The molecular formula is C18H16F3N3O2. The summed E-state index contributed by atoms with van der Waals surface area (Å²) >= 11 is 0. The summed E-state index contributed by atoms with van der Waals surface area (Å²) in [4.78, 5) is 19.4. The van der Waals surface area contributed by atoms with Gasteiger partial charge >= 0.3 is 12.3 Å². The Morgan fingerprint density at radius 1 is 1.12 bits per heavy atom. The summed E-state index contributed by atoms with van der Waals surface area (Å²) in [6, 6.07) is 8.20. The molecule has 26 heavy (non-hydrogen) atoms. The van der Waals surface area contributed by atoms with Gasteiger partial charge in [-0.3, -0.25) is 4.90 Å². The number of cyclic esters (lactones) is 1. The fraction of sp³-hybridized carbons (Fsp3) is 0.333. The first kappa shape index (κ1) is 16.7. The fourth-order valence-electron chi connectivity index (χ4n) is 3.39. The molecule has 1 amide bonds. The van der Waals surface area contributed by atoms with Crippen LogP contribution in [0.5, 0.6) is 0 Å². The third-order valence-corrected chi connectivity index (χ3v) is 4.69. The summed E-state index contributed by atoms with van der Waals surface area (Å²) < 4.78 is 43.1. The Kier molecular flexibility index (Phi) is 3.97. The second-order valence-electron chi connectivity index (χ2n) is 6.26. The number of aromatic nitrogens is 1. The average molecular weight is 363 g/mol. The van der Waals surface area contributed by atoms with E-state index in [0.29, 0.717) is 38.5 Å². The molecule has 0 radical (unpaired) electrons. The number of benzene rings is 1. The van der Waals surface area contributed by atoms with E-state index in [1.54, 1.807) is 4.90 Å². The maximum atomic E-state index is 12.7. The molecular weight excluding hydrogens is 347 g/mol. The van der Waals surface area contributed by atoms with Crippen LogP contribution in [0.2, 0.25) is 0 Å². The lowest BCUT2D eigenvalue weighted by molar-refractivity contribution is -0.137. The third kappa shape index (κ3) is 2.95. The molecule has 4 rings (SSSR count). The number of pyridine rings is 1. The zero-order valence-corrected chi connectivity index (χ0v) is 13.8. The zero-order chi connectivity index (χ0) is 18.3. The monoisotopic (exact) mass is 363 g/mol. The summed E-state index contributed by atoms with van der Waals surface area (Å²) in [7, 11) is 0. The summed E-state index contributed by atoms with van der Waals surface area (Å²) in [5.74, 6) is 0.509. The van der Waals surface area contributed by atoms with Gasteiger partial charge in [-0.15, -0.1) is 0 Å². The van der Waals surface area contributed by atoms with Crippen LogP contribution in [-0.4, -0.2) is 30.8 Å². The van der Waals surface area contributed by atoms with Crippen molar-refractivity contribution < 1.29 is 22.7 Å². The number of alkyl halides is 3. The molecule has 0 saturated carbocycles. The molecule has 2 aliphatic rings. The molecule has 1 aromatic carbocycles. The van der Waals surface area contributed by atoms with Crippen molar-refractivity contribution >= 4 is 17.6 Å². The quantitative estimate of drug-likeness (QED) is 0.818. The van der Waals surface area contributed by atoms with Crippen LogP contribution in [0.4, 0.5) is 29.5 Å². The minimum atomic E-state index is -4.39. The highest BCUT2D eigenvalue weighted by Crippen LogP contribution is 2.33. The number of carbonyl (C=O) groups is 1. The van der Waals surface area contributed by atoms with E-state index in [-0.39, 0.29) is 6.09 Å². The summed E-state index contributed by atoms with van der Waals surface area (Å²) in [6.45, 7) is 2.05. The number of hydrogen-bond donors (Lipinski definition) is 0. The van der Waals surface area contributed by atoms with Crippen LogP contribution in [0, 0.1) is 0 Å². The number of fused-ring (bicyclic) bond motifs is 1. The molecule has 5 nitrogen and oxygen atoms in total.